The number of aliphatic hydroxyl groups excluding tert-OH is 23. The van der Waals surface area contributed by atoms with Gasteiger partial charge in [0.1, 0.15) is 171 Å². The molecule has 0 radical (unpaired) electrons. The summed E-state index contributed by atoms with van der Waals surface area (Å²) in [5.74, 6) is 0. The highest BCUT2D eigenvalue weighted by atomic mass is 16.8. The smallest absolute Gasteiger partial charge is 0.187 e. The lowest BCUT2D eigenvalue weighted by Crippen LogP contribution is -2.66. The van der Waals surface area contributed by atoms with E-state index in [0.717, 1.165) is 0 Å². The molecule has 7 aliphatic heterocycles. The Morgan fingerprint density at radius 1 is 0.218 bits per heavy atom. The molecule has 36 heteroatoms. The molecule has 0 spiro atoms. The molecule has 7 saturated heterocycles. The maximum absolute atomic E-state index is 11.6. The minimum atomic E-state index is -2.19. The van der Waals surface area contributed by atoms with Gasteiger partial charge >= 0.3 is 0 Å². The van der Waals surface area contributed by atoms with Gasteiger partial charge < -0.3 is 179 Å². The van der Waals surface area contributed by atoms with Crippen molar-refractivity contribution in [2.45, 2.75) is 215 Å². The minimum Gasteiger partial charge on any atom is -0.394 e. The highest BCUT2D eigenvalue weighted by Crippen LogP contribution is 2.35. The predicted octanol–water partition coefficient (Wildman–Crippen LogP) is -16.3. The summed E-state index contributed by atoms with van der Waals surface area (Å²) in [6, 6.07) is 0. The summed E-state index contributed by atoms with van der Waals surface area (Å²) in [7, 11) is 0. The molecular weight excluding hydrogens is 1080 g/mol. The zero-order chi connectivity index (χ0) is 57.3. The minimum absolute atomic E-state index is 0.732. The fourth-order valence-electron chi connectivity index (χ4n) is 9.57. The van der Waals surface area contributed by atoms with Crippen molar-refractivity contribution in [2.24, 2.45) is 0 Å². The molecular formula is C42H72O36. The third-order valence-electron chi connectivity index (χ3n) is 14.5. The summed E-state index contributed by atoms with van der Waals surface area (Å²) in [6.45, 7) is -6.22. The first-order chi connectivity index (χ1) is 36.8. The standard InChI is InChI=1S/C42H72O36/c43-1-8-15(46)23(54)30(61)41(72-8)77-34-20(51)10(3-45)71-39(32(34)63)69-7-14-21(52)35(78-42-31(62)24(55)16(47)9(2-44)73-42)33(64)40(76-14)68-6-13-19(50)26(57)29(60)38(75-13)67-5-12-18(49)25(56)28(59)37(74-12)66-4-11-17(48)22(53)27(58)36(65)70-11/h8-65H,1-7H2/t8-,9-,10-,11-,12-,13-,14-,15-,16-,17-,18-,19-,20-,21-,22+,23+,24+,25+,26+,27-,28-,29-,30-,31-,32-,33-,34+,35+,36?,37-,38-,39-,40-,41+,42+/m1/s1. The normalized spacial score (nSPS) is 53.5. The van der Waals surface area contributed by atoms with Crippen molar-refractivity contribution in [3.63, 3.8) is 0 Å². The molecule has 78 heavy (non-hydrogen) atoms. The third kappa shape index (κ3) is 13.5. The quantitative estimate of drug-likeness (QED) is 0.0571. The predicted molar refractivity (Wildman–Crippen MR) is 232 cm³/mol. The van der Waals surface area contributed by atoms with E-state index in [1.54, 1.807) is 0 Å². The van der Waals surface area contributed by atoms with Gasteiger partial charge in [-0.3, -0.25) is 0 Å². The Morgan fingerprint density at radius 2 is 0.449 bits per heavy atom. The summed E-state index contributed by atoms with van der Waals surface area (Å²) in [4.78, 5) is 0. The van der Waals surface area contributed by atoms with Crippen LogP contribution in [-0.2, 0) is 61.6 Å². The number of aliphatic hydroxyl groups is 23. The molecule has 36 nitrogen and oxygen atoms in total. The average Bonchev–Trinajstić information content (AvgIpc) is 3.45. The summed E-state index contributed by atoms with van der Waals surface area (Å²) in [5, 5.41) is 242. The Bertz CT molecular complexity index is 1820. The van der Waals surface area contributed by atoms with Crippen molar-refractivity contribution in [3.05, 3.63) is 0 Å². The molecule has 1 unspecified atom stereocenters. The van der Waals surface area contributed by atoms with Gasteiger partial charge in [0.05, 0.1) is 46.2 Å². The van der Waals surface area contributed by atoms with Crippen LogP contribution in [0.3, 0.4) is 0 Å². The van der Waals surface area contributed by atoms with Crippen LogP contribution in [-0.4, -0.2) is 379 Å². The lowest BCUT2D eigenvalue weighted by molar-refractivity contribution is -0.377. The van der Waals surface area contributed by atoms with E-state index in [9.17, 15) is 117 Å². The lowest BCUT2D eigenvalue weighted by Gasteiger charge is -2.47. The molecule has 0 aromatic carbocycles. The van der Waals surface area contributed by atoms with Gasteiger partial charge in [-0.15, -0.1) is 0 Å². The van der Waals surface area contributed by atoms with E-state index in [2.05, 4.69) is 0 Å². The van der Waals surface area contributed by atoms with Gasteiger partial charge in [0.2, 0.25) is 0 Å². The van der Waals surface area contributed by atoms with Crippen LogP contribution in [0.25, 0.3) is 0 Å². The molecule has 0 aromatic heterocycles. The van der Waals surface area contributed by atoms with Crippen LogP contribution in [0.1, 0.15) is 0 Å². The van der Waals surface area contributed by atoms with Crippen molar-refractivity contribution >= 4 is 0 Å². The molecule has 7 fully saturated rings. The van der Waals surface area contributed by atoms with E-state index >= 15 is 0 Å². The number of hydrogen-bond donors (Lipinski definition) is 23. The maximum atomic E-state index is 11.6. The summed E-state index contributed by atoms with van der Waals surface area (Å²) < 4.78 is 71.9. The molecule has 456 valence electrons. The van der Waals surface area contributed by atoms with Gasteiger partial charge in [-0.1, -0.05) is 0 Å². The van der Waals surface area contributed by atoms with Crippen molar-refractivity contribution in [1.29, 1.82) is 0 Å². The second kappa shape index (κ2) is 27.5. The van der Waals surface area contributed by atoms with E-state index in [0.29, 0.717) is 0 Å². The van der Waals surface area contributed by atoms with Crippen LogP contribution in [0.5, 0.6) is 0 Å². The molecule has 0 bridgehead atoms. The van der Waals surface area contributed by atoms with Crippen molar-refractivity contribution in [1.82, 2.24) is 0 Å². The topological polar surface area (TPSA) is 585 Å². The molecule has 0 aromatic rings. The van der Waals surface area contributed by atoms with Crippen LogP contribution in [0.15, 0.2) is 0 Å². The van der Waals surface area contributed by atoms with E-state index in [1.165, 1.54) is 0 Å². The third-order valence-corrected chi connectivity index (χ3v) is 14.5. The molecule has 7 aliphatic rings. The Labute approximate surface area is 439 Å². The molecule has 0 saturated carbocycles. The Balaban J connectivity index is 1.03. The molecule has 7 rings (SSSR count). The SMILES string of the molecule is OC[C@H]1O[C@@H](O[C@@H]2[C@@H](O)[C@H](OC[C@H]3O[C@@H](OC[C@H]4O[C@@H](OC[C@H]5O[C@@H](OC[C@H]6OC(O)[C@H](O)[C@@H](O)[C@@H]6O)[C@H](O)[C@@H](O)[C@@H]5O)[C@H](O)[C@@H](O)[C@@H]4O)[C@H](O)[C@@H](O[C@@H]4O[C@H](CO)[C@@H](O)[C@H](O)[C@H]4O)[C@@H]3O)O[C@H](CO)[C@H]2O)[C@H](O)[C@@H](O)[C@@H]1O. The van der Waals surface area contributed by atoms with Crippen LogP contribution < -0.4 is 0 Å². The van der Waals surface area contributed by atoms with Crippen LogP contribution >= 0.6 is 0 Å². The van der Waals surface area contributed by atoms with Crippen molar-refractivity contribution in [3.8, 4) is 0 Å². The maximum Gasteiger partial charge on any atom is 0.187 e. The van der Waals surface area contributed by atoms with Gasteiger partial charge in [0, 0.05) is 0 Å². The zero-order valence-electron chi connectivity index (χ0n) is 40.8. The molecule has 0 amide bonds. The molecule has 23 N–H and O–H groups in total. The Hall–Kier alpha value is -1.44. The van der Waals surface area contributed by atoms with Crippen molar-refractivity contribution < 1.29 is 179 Å². The highest BCUT2D eigenvalue weighted by Gasteiger charge is 2.56. The van der Waals surface area contributed by atoms with Crippen LogP contribution in [0.2, 0.25) is 0 Å². The number of hydrogen-bond acceptors (Lipinski definition) is 36. The van der Waals surface area contributed by atoms with E-state index < -0.39 is 261 Å². The fraction of sp³-hybridized carbons (Fsp3) is 1.00. The summed E-state index contributed by atoms with van der Waals surface area (Å²) in [6.07, 6.45) is -66.9. The second-order valence-corrected chi connectivity index (χ2v) is 19.7. The zero-order valence-corrected chi connectivity index (χ0v) is 40.8. The fourth-order valence-corrected chi connectivity index (χ4v) is 9.57. The van der Waals surface area contributed by atoms with E-state index in [1.807, 2.05) is 0 Å². The largest absolute Gasteiger partial charge is 0.394 e. The average molecular weight is 1150 g/mol. The molecule has 7 heterocycles. The van der Waals surface area contributed by atoms with Gasteiger partial charge in [-0.05, 0) is 0 Å². The highest BCUT2D eigenvalue weighted by molar-refractivity contribution is 4.98. The summed E-state index contributed by atoms with van der Waals surface area (Å²) >= 11 is 0. The first-order valence-corrected chi connectivity index (χ1v) is 24.6. The van der Waals surface area contributed by atoms with Crippen molar-refractivity contribution in [2.75, 3.05) is 46.2 Å². The van der Waals surface area contributed by atoms with Gasteiger partial charge in [0.25, 0.3) is 0 Å². The van der Waals surface area contributed by atoms with E-state index in [4.69, 9.17) is 61.6 Å². The monoisotopic (exact) mass is 1150 g/mol. The van der Waals surface area contributed by atoms with Crippen LogP contribution in [0.4, 0.5) is 0 Å². The first kappa shape index (κ1) is 64.1. The summed E-state index contributed by atoms with van der Waals surface area (Å²) in [5.41, 5.74) is 0. The van der Waals surface area contributed by atoms with E-state index in [-0.39, 0.29) is 0 Å². The lowest BCUT2D eigenvalue weighted by atomic mass is 9.96. The molecule has 0 aliphatic carbocycles. The van der Waals surface area contributed by atoms with Gasteiger partial charge in [-0.2, -0.15) is 0 Å². The first-order valence-electron chi connectivity index (χ1n) is 24.6. The number of rotatable bonds is 19. The van der Waals surface area contributed by atoms with Crippen LogP contribution in [0, 0.1) is 0 Å². The van der Waals surface area contributed by atoms with Gasteiger partial charge in [0.15, 0.2) is 44.0 Å². The Kier molecular flexibility index (Phi) is 22.6. The Morgan fingerprint density at radius 3 is 0.795 bits per heavy atom. The second-order valence-electron chi connectivity index (χ2n) is 19.7. The molecule has 35 atom stereocenters. The van der Waals surface area contributed by atoms with Gasteiger partial charge in [-0.25, -0.2) is 0 Å². The number of ether oxygens (including phenoxy) is 13.